The first kappa shape index (κ1) is 30.6. The standard InChI is InChI=1S/C49H32N2O2/c1-4-12-33(13-5-1)34-22-24-35(25-23-34)38-16-10-19-41(32-38)51(39-17-8-3-9-18-39)40-28-26-36(27-29-40)42-20-11-21-43-46-45(52-47(42)43)31-30-44-48(46)53-49(50-44)37-14-6-2-7-15-37/h1-32H. The normalized spacial score (nSPS) is 11.4. The van der Waals surface area contributed by atoms with Gasteiger partial charge in [-0.25, -0.2) is 4.98 Å². The Balaban J connectivity index is 1.02. The Morgan fingerprint density at radius 3 is 1.68 bits per heavy atom. The molecule has 0 atom stereocenters. The average molecular weight is 681 g/mol. The zero-order valence-corrected chi connectivity index (χ0v) is 28.7. The molecule has 2 aromatic heterocycles. The maximum Gasteiger partial charge on any atom is 0.227 e. The highest BCUT2D eigenvalue weighted by Crippen LogP contribution is 2.42. The van der Waals surface area contributed by atoms with E-state index >= 15 is 0 Å². The van der Waals surface area contributed by atoms with Gasteiger partial charge in [0.05, 0.1) is 5.39 Å². The van der Waals surface area contributed by atoms with Gasteiger partial charge in [-0.1, -0.05) is 133 Å². The van der Waals surface area contributed by atoms with Crippen LogP contribution in [0, 0.1) is 0 Å². The molecule has 0 amide bonds. The summed E-state index contributed by atoms with van der Waals surface area (Å²) >= 11 is 0. The first-order chi connectivity index (χ1) is 26.3. The monoisotopic (exact) mass is 680 g/mol. The maximum atomic E-state index is 6.57. The van der Waals surface area contributed by atoms with Gasteiger partial charge in [-0.05, 0) is 88.5 Å². The van der Waals surface area contributed by atoms with Crippen LogP contribution in [0.25, 0.3) is 77.9 Å². The Labute approximate surface area is 306 Å². The number of hydrogen-bond donors (Lipinski definition) is 0. The Morgan fingerprint density at radius 2 is 0.943 bits per heavy atom. The van der Waals surface area contributed by atoms with Crippen molar-refractivity contribution >= 4 is 50.1 Å². The third-order valence-corrected chi connectivity index (χ3v) is 9.92. The predicted molar refractivity (Wildman–Crippen MR) is 218 cm³/mol. The van der Waals surface area contributed by atoms with E-state index in [0.29, 0.717) is 5.89 Å². The number of rotatable bonds is 7. The molecule has 10 rings (SSSR count). The lowest BCUT2D eigenvalue weighted by atomic mass is 9.99. The SMILES string of the molecule is c1ccc(-c2ccc(-c3cccc(N(c4ccccc4)c4ccc(-c5cccc6c5oc5ccc7nc(-c8ccccc8)oc7c56)cc4)c3)cc2)cc1. The minimum Gasteiger partial charge on any atom is -0.455 e. The molecule has 2 heterocycles. The van der Waals surface area contributed by atoms with Crippen molar-refractivity contribution in [1.82, 2.24) is 4.98 Å². The van der Waals surface area contributed by atoms with Gasteiger partial charge in [-0.3, -0.25) is 0 Å². The first-order valence-corrected chi connectivity index (χ1v) is 17.8. The Bertz CT molecular complexity index is 2860. The van der Waals surface area contributed by atoms with Gasteiger partial charge in [0.25, 0.3) is 0 Å². The van der Waals surface area contributed by atoms with Crippen molar-refractivity contribution in [3.63, 3.8) is 0 Å². The van der Waals surface area contributed by atoms with Crippen molar-refractivity contribution in [1.29, 1.82) is 0 Å². The van der Waals surface area contributed by atoms with Crippen LogP contribution in [0.2, 0.25) is 0 Å². The molecule has 0 N–H and O–H groups in total. The van der Waals surface area contributed by atoms with E-state index in [0.717, 1.165) is 72.4 Å². The van der Waals surface area contributed by atoms with Crippen LogP contribution >= 0.6 is 0 Å². The number of furan rings is 1. The molecule has 0 bridgehead atoms. The highest BCUT2D eigenvalue weighted by molar-refractivity contribution is 6.18. The number of nitrogens with zero attached hydrogens (tertiary/aromatic N) is 2. The number of anilines is 3. The summed E-state index contributed by atoms with van der Waals surface area (Å²) in [4.78, 5) is 7.10. The molecule has 250 valence electrons. The third kappa shape index (κ3) is 5.54. The lowest BCUT2D eigenvalue weighted by Crippen LogP contribution is -2.09. The maximum absolute atomic E-state index is 6.57. The molecular weight excluding hydrogens is 649 g/mol. The fraction of sp³-hybridized carbons (Fsp3) is 0. The number of hydrogen-bond acceptors (Lipinski definition) is 4. The molecule has 8 aromatic carbocycles. The van der Waals surface area contributed by atoms with Crippen LogP contribution in [0.4, 0.5) is 17.1 Å². The molecule has 0 radical (unpaired) electrons. The summed E-state index contributed by atoms with van der Waals surface area (Å²) in [5, 5.41) is 1.94. The predicted octanol–water partition coefficient (Wildman–Crippen LogP) is 13.9. The highest BCUT2D eigenvalue weighted by atomic mass is 16.4. The third-order valence-electron chi connectivity index (χ3n) is 9.92. The molecule has 53 heavy (non-hydrogen) atoms. The lowest BCUT2D eigenvalue weighted by Gasteiger charge is -2.26. The summed E-state index contributed by atoms with van der Waals surface area (Å²) in [6.07, 6.45) is 0. The Kier molecular flexibility index (Phi) is 7.43. The average Bonchev–Trinajstić information content (AvgIpc) is 3.85. The molecule has 0 spiro atoms. The van der Waals surface area contributed by atoms with Crippen molar-refractivity contribution in [2.45, 2.75) is 0 Å². The summed E-state index contributed by atoms with van der Waals surface area (Å²) in [7, 11) is 0. The van der Waals surface area contributed by atoms with E-state index < -0.39 is 0 Å². The molecule has 4 nitrogen and oxygen atoms in total. The minimum absolute atomic E-state index is 0.601. The second-order valence-electron chi connectivity index (χ2n) is 13.2. The van der Waals surface area contributed by atoms with Gasteiger partial charge >= 0.3 is 0 Å². The quantitative estimate of drug-likeness (QED) is 0.168. The van der Waals surface area contributed by atoms with Gasteiger partial charge < -0.3 is 13.7 Å². The summed E-state index contributed by atoms with van der Waals surface area (Å²) in [5.41, 5.74) is 14.2. The Hall–Kier alpha value is -7.17. The van der Waals surface area contributed by atoms with Gasteiger partial charge in [-0.15, -0.1) is 0 Å². The van der Waals surface area contributed by atoms with E-state index in [1.807, 2.05) is 48.5 Å². The topological polar surface area (TPSA) is 42.4 Å². The van der Waals surface area contributed by atoms with Crippen LogP contribution in [0.15, 0.2) is 203 Å². The zero-order chi connectivity index (χ0) is 35.1. The molecule has 10 aromatic rings. The Morgan fingerprint density at radius 1 is 0.377 bits per heavy atom. The number of oxazole rings is 1. The molecule has 0 aliphatic rings. The van der Waals surface area contributed by atoms with E-state index in [1.165, 1.54) is 16.7 Å². The van der Waals surface area contributed by atoms with Gasteiger partial charge in [-0.2, -0.15) is 0 Å². The fourth-order valence-electron chi connectivity index (χ4n) is 7.32. The van der Waals surface area contributed by atoms with Gasteiger partial charge in [0.1, 0.15) is 16.7 Å². The number of benzene rings is 8. The number of para-hydroxylation sites is 2. The van der Waals surface area contributed by atoms with Crippen molar-refractivity contribution in [3.8, 4) is 44.8 Å². The van der Waals surface area contributed by atoms with E-state index in [1.54, 1.807) is 0 Å². The number of aromatic nitrogens is 1. The first-order valence-electron chi connectivity index (χ1n) is 17.8. The van der Waals surface area contributed by atoms with Crippen LogP contribution in [0.1, 0.15) is 0 Å². The summed E-state index contributed by atoms with van der Waals surface area (Å²) in [6.45, 7) is 0. The molecule has 0 aliphatic carbocycles. The second kappa shape index (κ2) is 12.9. The highest BCUT2D eigenvalue weighted by Gasteiger charge is 2.19. The molecular formula is C49H32N2O2. The molecule has 0 saturated carbocycles. The largest absolute Gasteiger partial charge is 0.455 e. The van der Waals surface area contributed by atoms with Crippen LogP contribution in [0.5, 0.6) is 0 Å². The van der Waals surface area contributed by atoms with Gasteiger partial charge in [0, 0.05) is 33.6 Å². The minimum atomic E-state index is 0.601. The summed E-state index contributed by atoms with van der Waals surface area (Å²) in [5.74, 6) is 0.601. The summed E-state index contributed by atoms with van der Waals surface area (Å²) < 4.78 is 13.0. The van der Waals surface area contributed by atoms with E-state index in [9.17, 15) is 0 Å². The second-order valence-corrected chi connectivity index (χ2v) is 13.2. The van der Waals surface area contributed by atoms with Gasteiger partial charge in [0.15, 0.2) is 5.58 Å². The van der Waals surface area contributed by atoms with Gasteiger partial charge in [0.2, 0.25) is 5.89 Å². The van der Waals surface area contributed by atoms with E-state index in [-0.39, 0.29) is 0 Å². The van der Waals surface area contributed by atoms with Crippen LogP contribution in [-0.2, 0) is 0 Å². The molecule has 0 fully saturated rings. The van der Waals surface area contributed by atoms with E-state index in [2.05, 4.69) is 150 Å². The van der Waals surface area contributed by atoms with Crippen LogP contribution < -0.4 is 4.90 Å². The zero-order valence-electron chi connectivity index (χ0n) is 28.7. The smallest absolute Gasteiger partial charge is 0.227 e. The lowest BCUT2D eigenvalue weighted by molar-refractivity contribution is 0.622. The molecule has 0 unspecified atom stereocenters. The van der Waals surface area contributed by atoms with Crippen molar-refractivity contribution in [3.05, 3.63) is 194 Å². The van der Waals surface area contributed by atoms with Crippen LogP contribution in [0.3, 0.4) is 0 Å². The molecule has 0 aliphatic heterocycles. The van der Waals surface area contributed by atoms with Crippen LogP contribution in [-0.4, -0.2) is 4.98 Å². The molecule has 0 saturated heterocycles. The van der Waals surface area contributed by atoms with E-state index in [4.69, 9.17) is 13.8 Å². The molecule has 4 heteroatoms. The fourth-order valence-corrected chi connectivity index (χ4v) is 7.32. The van der Waals surface area contributed by atoms with Crippen molar-refractivity contribution in [2.75, 3.05) is 4.90 Å². The van der Waals surface area contributed by atoms with Crippen molar-refractivity contribution in [2.24, 2.45) is 0 Å². The summed E-state index contributed by atoms with van der Waals surface area (Å²) in [6, 6.07) is 67.6. The number of fused-ring (bicyclic) bond motifs is 5. The van der Waals surface area contributed by atoms with Crippen molar-refractivity contribution < 1.29 is 8.83 Å².